The molecule has 1 aliphatic heterocycles. The highest BCUT2D eigenvalue weighted by Crippen LogP contribution is 2.34. The number of aromatic nitrogens is 2. The highest BCUT2D eigenvalue weighted by atomic mass is 16.5. The van der Waals surface area contributed by atoms with Gasteiger partial charge in [-0.15, -0.1) is 0 Å². The van der Waals surface area contributed by atoms with Crippen LogP contribution in [0, 0.1) is 0 Å². The molecule has 24 heavy (non-hydrogen) atoms. The van der Waals surface area contributed by atoms with Gasteiger partial charge in [-0.25, -0.2) is 9.97 Å². The minimum Gasteiger partial charge on any atom is -0.497 e. The van der Waals surface area contributed by atoms with E-state index in [9.17, 15) is 0 Å². The summed E-state index contributed by atoms with van der Waals surface area (Å²) in [5, 5.41) is 3.24. The van der Waals surface area contributed by atoms with Crippen molar-refractivity contribution < 1.29 is 9.47 Å². The van der Waals surface area contributed by atoms with Gasteiger partial charge in [-0.1, -0.05) is 0 Å². The lowest BCUT2D eigenvalue weighted by Crippen LogP contribution is -2.31. The Kier molecular flexibility index (Phi) is 4.88. The predicted molar refractivity (Wildman–Crippen MR) is 95.3 cm³/mol. The Bertz CT molecular complexity index is 701. The molecule has 1 aromatic heterocycles. The summed E-state index contributed by atoms with van der Waals surface area (Å²) in [6.07, 6.45) is 5.13. The molecule has 0 aliphatic carbocycles. The van der Waals surface area contributed by atoms with Gasteiger partial charge in [-0.2, -0.15) is 0 Å². The van der Waals surface area contributed by atoms with Crippen LogP contribution in [0.2, 0.25) is 0 Å². The molecule has 0 bridgehead atoms. The van der Waals surface area contributed by atoms with Crippen molar-refractivity contribution in [2.75, 3.05) is 43.3 Å². The smallest absolute Gasteiger partial charge is 0.159 e. The molecule has 2 heterocycles. The molecule has 1 fully saturated rings. The molecular formula is C17H23N5O2. The van der Waals surface area contributed by atoms with Crippen LogP contribution in [-0.4, -0.2) is 37.3 Å². The lowest BCUT2D eigenvalue weighted by atomic mass is 10.1. The average molecular weight is 329 g/mol. The molecule has 0 atom stereocenters. The van der Waals surface area contributed by atoms with Gasteiger partial charge in [0.15, 0.2) is 11.6 Å². The van der Waals surface area contributed by atoms with Crippen LogP contribution in [0.15, 0.2) is 24.5 Å². The van der Waals surface area contributed by atoms with Gasteiger partial charge in [0.2, 0.25) is 0 Å². The molecule has 3 rings (SSSR count). The van der Waals surface area contributed by atoms with E-state index in [1.165, 1.54) is 19.3 Å². The summed E-state index contributed by atoms with van der Waals surface area (Å²) in [4.78, 5) is 10.9. The van der Waals surface area contributed by atoms with Gasteiger partial charge in [0.05, 0.1) is 19.9 Å². The Morgan fingerprint density at radius 3 is 2.58 bits per heavy atom. The first kappa shape index (κ1) is 16.2. The second-order valence-corrected chi connectivity index (χ2v) is 5.70. The van der Waals surface area contributed by atoms with Crippen molar-refractivity contribution in [1.29, 1.82) is 0 Å². The zero-order chi connectivity index (χ0) is 16.9. The summed E-state index contributed by atoms with van der Waals surface area (Å²) in [5.74, 6) is 2.75. The van der Waals surface area contributed by atoms with E-state index in [0.717, 1.165) is 30.3 Å². The van der Waals surface area contributed by atoms with E-state index in [0.29, 0.717) is 17.3 Å². The Balaban J connectivity index is 1.88. The molecular weight excluding hydrogens is 306 g/mol. The first-order valence-electron chi connectivity index (χ1n) is 8.07. The largest absolute Gasteiger partial charge is 0.497 e. The molecule has 3 N–H and O–H groups in total. The fourth-order valence-electron chi connectivity index (χ4n) is 2.87. The first-order chi connectivity index (χ1) is 11.7. The van der Waals surface area contributed by atoms with E-state index in [2.05, 4.69) is 20.2 Å². The second kappa shape index (κ2) is 7.25. The molecule has 7 heteroatoms. The van der Waals surface area contributed by atoms with Gasteiger partial charge in [-0.05, 0) is 31.4 Å². The highest BCUT2D eigenvalue weighted by Gasteiger charge is 2.18. The molecule has 0 amide bonds. The third kappa shape index (κ3) is 3.29. The number of piperidine rings is 1. The van der Waals surface area contributed by atoms with Gasteiger partial charge in [0.25, 0.3) is 0 Å². The zero-order valence-electron chi connectivity index (χ0n) is 14.1. The minimum absolute atomic E-state index is 0.553. The monoisotopic (exact) mass is 329 g/mol. The van der Waals surface area contributed by atoms with Gasteiger partial charge < -0.3 is 25.4 Å². The maximum absolute atomic E-state index is 6.31. The SMILES string of the molecule is COc1ccc(Nc2ncnc(N3CCCCC3)c2N)c(OC)c1. The summed E-state index contributed by atoms with van der Waals surface area (Å²) in [5.41, 5.74) is 7.64. The summed E-state index contributed by atoms with van der Waals surface area (Å²) < 4.78 is 10.6. The standard InChI is InChI=1S/C17H23N5O2/c1-23-12-6-7-13(14(10-12)24-2)21-16-15(18)17(20-11-19-16)22-8-4-3-5-9-22/h6-7,10-11H,3-5,8-9,18H2,1-2H3,(H,19,20,21). The fourth-order valence-corrected chi connectivity index (χ4v) is 2.87. The van der Waals surface area contributed by atoms with Crippen LogP contribution in [0.3, 0.4) is 0 Å². The molecule has 2 aromatic rings. The van der Waals surface area contributed by atoms with E-state index in [1.54, 1.807) is 20.5 Å². The van der Waals surface area contributed by atoms with Crippen LogP contribution < -0.4 is 25.4 Å². The normalized spacial score (nSPS) is 14.3. The maximum atomic E-state index is 6.31. The Morgan fingerprint density at radius 1 is 1.08 bits per heavy atom. The fraction of sp³-hybridized carbons (Fsp3) is 0.412. The lowest BCUT2D eigenvalue weighted by molar-refractivity contribution is 0.395. The van der Waals surface area contributed by atoms with E-state index in [-0.39, 0.29) is 0 Å². The van der Waals surface area contributed by atoms with Gasteiger partial charge >= 0.3 is 0 Å². The number of nitrogens with zero attached hydrogens (tertiary/aromatic N) is 3. The maximum Gasteiger partial charge on any atom is 0.159 e. The second-order valence-electron chi connectivity index (χ2n) is 5.70. The summed E-state index contributed by atoms with van der Waals surface area (Å²) >= 11 is 0. The van der Waals surface area contributed by atoms with Gasteiger partial charge in [0.1, 0.15) is 23.5 Å². The van der Waals surface area contributed by atoms with Crippen molar-refractivity contribution in [2.24, 2.45) is 0 Å². The average Bonchev–Trinajstić information content (AvgIpc) is 2.64. The van der Waals surface area contributed by atoms with E-state index < -0.39 is 0 Å². The number of methoxy groups -OCH3 is 2. The van der Waals surface area contributed by atoms with Crippen LogP contribution in [0.25, 0.3) is 0 Å². The van der Waals surface area contributed by atoms with E-state index >= 15 is 0 Å². The Labute approximate surface area is 141 Å². The number of nitrogen functional groups attached to an aromatic ring is 1. The number of nitrogens with two attached hydrogens (primary N) is 1. The van der Waals surface area contributed by atoms with E-state index in [4.69, 9.17) is 15.2 Å². The van der Waals surface area contributed by atoms with Gasteiger partial charge in [0, 0.05) is 19.2 Å². The first-order valence-corrected chi connectivity index (χ1v) is 8.07. The van der Waals surface area contributed by atoms with Crippen LogP contribution in [0.1, 0.15) is 19.3 Å². The summed E-state index contributed by atoms with van der Waals surface area (Å²) in [6, 6.07) is 5.54. The number of nitrogens with one attached hydrogen (secondary N) is 1. The van der Waals surface area contributed by atoms with Crippen LogP contribution in [0.5, 0.6) is 11.5 Å². The Hall–Kier alpha value is -2.70. The van der Waals surface area contributed by atoms with Crippen molar-refractivity contribution in [3.8, 4) is 11.5 Å². The van der Waals surface area contributed by atoms with Crippen molar-refractivity contribution in [2.45, 2.75) is 19.3 Å². The number of hydrogen-bond donors (Lipinski definition) is 2. The molecule has 0 radical (unpaired) electrons. The third-order valence-electron chi connectivity index (χ3n) is 4.18. The van der Waals surface area contributed by atoms with Crippen molar-refractivity contribution in [3.63, 3.8) is 0 Å². The minimum atomic E-state index is 0.553. The number of anilines is 4. The van der Waals surface area contributed by atoms with Crippen molar-refractivity contribution >= 4 is 23.0 Å². The Morgan fingerprint density at radius 2 is 1.88 bits per heavy atom. The van der Waals surface area contributed by atoms with E-state index in [1.807, 2.05) is 18.2 Å². The highest BCUT2D eigenvalue weighted by molar-refractivity contribution is 5.80. The third-order valence-corrected chi connectivity index (χ3v) is 4.18. The quantitative estimate of drug-likeness (QED) is 0.872. The number of rotatable bonds is 5. The van der Waals surface area contributed by atoms with Crippen molar-refractivity contribution in [1.82, 2.24) is 9.97 Å². The number of benzene rings is 1. The molecule has 0 unspecified atom stereocenters. The lowest BCUT2D eigenvalue weighted by Gasteiger charge is -2.29. The number of hydrogen-bond acceptors (Lipinski definition) is 7. The molecule has 1 aliphatic rings. The molecule has 128 valence electrons. The van der Waals surface area contributed by atoms with Crippen molar-refractivity contribution in [3.05, 3.63) is 24.5 Å². The van der Waals surface area contributed by atoms with Crippen LogP contribution in [-0.2, 0) is 0 Å². The topological polar surface area (TPSA) is 85.5 Å². The molecule has 0 saturated carbocycles. The zero-order valence-corrected chi connectivity index (χ0v) is 14.1. The van der Waals surface area contributed by atoms with Crippen LogP contribution >= 0.6 is 0 Å². The molecule has 1 saturated heterocycles. The molecule has 1 aromatic carbocycles. The predicted octanol–water partition coefficient (Wildman–Crippen LogP) is 2.81. The number of ether oxygens (including phenoxy) is 2. The summed E-state index contributed by atoms with van der Waals surface area (Å²) in [6.45, 7) is 1.96. The molecule has 0 spiro atoms. The summed E-state index contributed by atoms with van der Waals surface area (Å²) in [7, 11) is 3.23. The van der Waals surface area contributed by atoms with Gasteiger partial charge in [-0.3, -0.25) is 0 Å². The van der Waals surface area contributed by atoms with Crippen LogP contribution in [0.4, 0.5) is 23.0 Å². The molecule has 7 nitrogen and oxygen atoms in total.